The number of carbonyl (C=O) groups is 1. The zero-order valence-corrected chi connectivity index (χ0v) is 9.56. The molecule has 5 nitrogen and oxygen atoms in total. The van der Waals surface area contributed by atoms with Crippen LogP contribution in [0.25, 0.3) is 0 Å². The molecule has 5 heteroatoms. The molecule has 90 valence electrons. The summed E-state index contributed by atoms with van der Waals surface area (Å²) in [7, 11) is 0. The van der Waals surface area contributed by atoms with Crippen molar-refractivity contribution in [2.24, 2.45) is 4.99 Å². The second kappa shape index (κ2) is 6.15. The van der Waals surface area contributed by atoms with E-state index >= 15 is 0 Å². The normalized spacial score (nSPS) is 19.4. The molecule has 1 N–H and O–H groups in total. The smallest absolute Gasteiger partial charge is 0.303 e. The largest absolute Gasteiger partial charge is 0.481 e. The predicted octanol–water partition coefficient (Wildman–Crippen LogP) is 1.11. The maximum atomic E-state index is 10.5. The summed E-state index contributed by atoms with van der Waals surface area (Å²) < 4.78 is 5.39. The van der Waals surface area contributed by atoms with Gasteiger partial charge in [0.15, 0.2) is 0 Å². The number of aliphatic imine (C=N–C) groups is 1. The maximum Gasteiger partial charge on any atom is 0.303 e. The molecule has 0 radical (unpaired) electrons. The second-order valence-electron chi connectivity index (χ2n) is 3.62. The van der Waals surface area contributed by atoms with Gasteiger partial charge in [0, 0.05) is 19.5 Å². The summed E-state index contributed by atoms with van der Waals surface area (Å²) in [6, 6.07) is 0.635. The van der Waals surface area contributed by atoms with E-state index < -0.39 is 5.97 Å². The van der Waals surface area contributed by atoms with Gasteiger partial charge in [-0.2, -0.15) is 0 Å². The Bertz CT molecular complexity index is 289. The van der Waals surface area contributed by atoms with Crippen molar-refractivity contribution in [1.29, 1.82) is 0 Å². The van der Waals surface area contributed by atoms with Gasteiger partial charge in [0.25, 0.3) is 6.02 Å². The van der Waals surface area contributed by atoms with E-state index in [0.29, 0.717) is 32.1 Å². The molecule has 0 aromatic rings. The highest BCUT2D eigenvalue weighted by molar-refractivity contribution is 5.76. The lowest BCUT2D eigenvalue weighted by molar-refractivity contribution is -0.137. The fourth-order valence-electron chi connectivity index (χ4n) is 1.62. The van der Waals surface area contributed by atoms with Crippen molar-refractivity contribution in [3.05, 3.63) is 12.7 Å². The molecular formula is C11H18N2O3. The van der Waals surface area contributed by atoms with E-state index in [1.54, 1.807) is 6.08 Å². The highest BCUT2D eigenvalue weighted by Crippen LogP contribution is 2.14. The van der Waals surface area contributed by atoms with E-state index in [2.05, 4.69) is 11.6 Å². The van der Waals surface area contributed by atoms with Crippen LogP contribution < -0.4 is 0 Å². The van der Waals surface area contributed by atoms with Crippen LogP contribution in [0.2, 0.25) is 0 Å². The Morgan fingerprint density at radius 3 is 3.12 bits per heavy atom. The average molecular weight is 226 g/mol. The Hall–Kier alpha value is -1.52. The van der Waals surface area contributed by atoms with Gasteiger partial charge in [0.2, 0.25) is 0 Å². The van der Waals surface area contributed by atoms with Crippen LogP contribution in [0.5, 0.6) is 0 Å². The summed E-state index contributed by atoms with van der Waals surface area (Å²) in [5.74, 6) is -0.782. The molecule has 0 spiro atoms. The quantitative estimate of drug-likeness (QED) is 0.689. The number of hydrogen-bond acceptors (Lipinski definition) is 4. The molecular weight excluding hydrogens is 208 g/mol. The highest BCUT2D eigenvalue weighted by atomic mass is 16.5. The van der Waals surface area contributed by atoms with Gasteiger partial charge in [-0.05, 0) is 13.3 Å². The summed E-state index contributed by atoms with van der Waals surface area (Å²) in [6.07, 6.45) is 2.49. The molecule has 0 fully saturated rings. The molecule has 1 aliphatic rings. The van der Waals surface area contributed by atoms with Crippen LogP contribution >= 0.6 is 0 Å². The van der Waals surface area contributed by atoms with Crippen LogP contribution in [-0.4, -0.2) is 47.7 Å². The number of nitrogens with zero attached hydrogens (tertiary/aromatic N) is 2. The lowest BCUT2D eigenvalue weighted by Gasteiger charge is -2.17. The molecule has 1 heterocycles. The summed E-state index contributed by atoms with van der Waals surface area (Å²) >= 11 is 0. The van der Waals surface area contributed by atoms with Gasteiger partial charge in [-0.15, -0.1) is 6.58 Å². The molecule has 0 saturated heterocycles. The zero-order chi connectivity index (χ0) is 12.0. The van der Waals surface area contributed by atoms with Crippen molar-refractivity contribution in [2.45, 2.75) is 25.8 Å². The number of ether oxygens (including phenoxy) is 1. The fraction of sp³-hybridized carbons (Fsp3) is 0.636. The molecule has 1 unspecified atom stereocenters. The lowest BCUT2D eigenvalue weighted by Crippen LogP contribution is -2.31. The van der Waals surface area contributed by atoms with Gasteiger partial charge >= 0.3 is 5.97 Å². The highest BCUT2D eigenvalue weighted by Gasteiger charge is 2.25. The van der Waals surface area contributed by atoms with Crippen molar-refractivity contribution in [3.63, 3.8) is 0 Å². The summed E-state index contributed by atoms with van der Waals surface area (Å²) in [5.41, 5.74) is 0. The minimum atomic E-state index is -0.782. The van der Waals surface area contributed by atoms with Crippen LogP contribution in [0, 0.1) is 0 Å². The third-order valence-corrected chi connectivity index (χ3v) is 2.31. The number of carboxylic acids is 1. The molecule has 0 aromatic carbocycles. The Morgan fingerprint density at radius 2 is 2.56 bits per heavy atom. The Morgan fingerprint density at radius 1 is 1.81 bits per heavy atom. The summed E-state index contributed by atoms with van der Waals surface area (Å²) in [4.78, 5) is 16.8. The molecule has 1 rings (SSSR count). The minimum Gasteiger partial charge on any atom is -0.481 e. The molecule has 1 atom stereocenters. The van der Waals surface area contributed by atoms with Crippen molar-refractivity contribution < 1.29 is 14.6 Å². The summed E-state index contributed by atoms with van der Waals surface area (Å²) in [5, 5.41) is 8.60. The first-order valence-electron chi connectivity index (χ1n) is 5.45. The number of hydrogen-bond donors (Lipinski definition) is 1. The van der Waals surface area contributed by atoms with E-state index in [0.717, 1.165) is 0 Å². The minimum absolute atomic E-state index is 0.0256. The first kappa shape index (κ1) is 12.5. The van der Waals surface area contributed by atoms with Gasteiger partial charge in [0.1, 0.15) is 0 Å². The van der Waals surface area contributed by atoms with Gasteiger partial charge in [-0.1, -0.05) is 6.08 Å². The topological polar surface area (TPSA) is 62.1 Å². The molecule has 0 bridgehead atoms. The third kappa shape index (κ3) is 3.56. The third-order valence-electron chi connectivity index (χ3n) is 2.31. The lowest BCUT2D eigenvalue weighted by atomic mass is 10.2. The molecule has 16 heavy (non-hydrogen) atoms. The van der Waals surface area contributed by atoms with Crippen LogP contribution in [0.15, 0.2) is 17.6 Å². The number of amidine groups is 1. The van der Waals surface area contributed by atoms with Crippen LogP contribution in [-0.2, 0) is 9.53 Å². The van der Waals surface area contributed by atoms with E-state index in [-0.39, 0.29) is 12.5 Å². The number of carboxylic acid groups (broad SMARTS) is 1. The molecule has 1 aliphatic heterocycles. The van der Waals surface area contributed by atoms with Crippen LogP contribution in [0.4, 0.5) is 0 Å². The van der Waals surface area contributed by atoms with Crippen LogP contribution in [0.3, 0.4) is 0 Å². The van der Waals surface area contributed by atoms with Gasteiger partial charge in [0.05, 0.1) is 12.6 Å². The zero-order valence-electron chi connectivity index (χ0n) is 9.56. The molecule has 0 saturated carbocycles. The molecule has 0 aromatic heterocycles. The van der Waals surface area contributed by atoms with E-state index in [9.17, 15) is 4.79 Å². The average Bonchev–Trinajstić information content (AvgIpc) is 2.59. The number of rotatable bonds is 6. The SMILES string of the molecule is C=CCN1CC(CCC(=O)O)N=C1OCC. The van der Waals surface area contributed by atoms with Gasteiger partial charge in [-0.3, -0.25) is 4.79 Å². The van der Waals surface area contributed by atoms with Crippen molar-refractivity contribution >= 4 is 12.0 Å². The predicted molar refractivity (Wildman–Crippen MR) is 61.5 cm³/mol. The van der Waals surface area contributed by atoms with Crippen molar-refractivity contribution in [1.82, 2.24) is 4.90 Å². The van der Waals surface area contributed by atoms with E-state index in [4.69, 9.17) is 9.84 Å². The number of aliphatic carboxylic acids is 1. The van der Waals surface area contributed by atoms with Crippen molar-refractivity contribution in [3.8, 4) is 0 Å². The van der Waals surface area contributed by atoms with Crippen LogP contribution in [0.1, 0.15) is 19.8 Å². The van der Waals surface area contributed by atoms with E-state index in [1.165, 1.54) is 0 Å². The standard InChI is InChI=1S/C11H18N2O3/c1-3-7-13-8-9(5-6-10(14)15)12-11(13)16-4-2/h3,9H,1,4-8H2,2H3,(H,14,15). The van der Waals surface area contributed by atoms with Crippen molar-refractivity contribution in [2.75, 3.05) is 19.7 Å². The van der Waals surface area contributed by atoms with Gasteiger partial charge < -0.3 is 14.7 Å². The summed E-state index contributed by atoms with van der Waals surface area (Å²) in [6.45, 7) is 7.54. The fourth-order valence-corrected chi connectivity index (χ4v) is 1.62. The second-order valence-corrected chi connectivity index (χ2v) is 3.62. The van der Waals surface area contributed by atoms with E-state index in [1.807, 2.05) is 11.8 Å². The molecule has 0 aliphatic carbocycles. The van der Waals surface area contributed by atoms with Gasteiger partial charge in [-0.25, -0.2) is 4.99 Å². The first-order valence-corrected chi connectivity index (χ1v) is 5.45. The Balaban J connectivity index is 2.50. The maximum absolute atomic E-state index is 10.5. The first-order chi connectivity index (χ1) is 7.67. The Kier molecular flexibility index (Phi) is 4.82. The Labute approximate surface area is 95.4 Å². The molecule has 0 amide bonds. The monoisotopic (exact) mass is 226 g/mol.